The Hall–Kier alpha value is -0.0800. The molecule has 0 N–H and O–H groups in total. The van der Waals surface area contributed by atoms with Crippen molar-refractivity contribution in [1.29, 1.82) is 0 Å². The lowest BCUT2D eigenvalue weighted by Crippen LogP contribution is -2.35. The molecule has 0 unspecified atom stereocenters. The summed E-state index contributed by atoms with van der Waals surface area (Å²) in [7, 11) is 4.06. The second-order valence-corrected chi connectivity index (χ2v) is 3.60. The van der Waals surface area contributed by atoms with Gasteiger partial charge in [-0.25, -0.2) is 0 Å². The summed E-state index contributed by atoms with van der Waals surface area (Å²) in [6, 6.07) is 0.829. The number of ether oxygens (including phenoxy) is 1. The molecule has 10 heavy (non-hydrogen) atoms. The molecule has 0 aromatic heterocycles. The Morgan fingerprint density at radius 2 is 2.20 bits per heavy atom. The van der Waals surface area contributed by atoms with Crippen LogP contribution in [0.2, 0.25) is 0 Å². The molecular weight excluding hydrogens is 126 g/mol. The molecule has 0 amide bonds. The summed E-state index contributed by atoms with van der Waals surface area (Å²) >= 11 is 0. The topological polar surface area (TPSA) is 12.5 Å². The monoisotopic (exact) mass is 141 g/mol. The van der Waals surface area contributed by atoms with E-state index in [1.165, 1.54) is 19.4 Å². The summed E-state index contributed by atoms with van der Waals surface area (Å²) in [6.07, 6.45) is 3.20. The van der Waals surface area contributed by atoms with Gasteiger partial charge in [-0.2, -0.15) is 0 Å². The molecule has 2 bridgehead atoms. The zero-order valence-electron chi connectivity index (χ0n) is 6.71. The van der Waals surface area contributed by atoms with Gasteiger partial charge in [0, 0.05) is 19.7 Å². The summed E-state index contributed by atoms with van der Waals surface area (Å²) in [5.41, 5.74) is 0. The molecule has 2 heteroatoms. The van der Waals surface area contributed by atoms with Crippen molar-refractivity contribution in [2.45, 2.75) is 25.0 Å². The van der Waals surface area contributed by atoms with Gasteiger partial charge in [0.15, 0.2) is 0 Å². The van der Waals surface area contributed by atoms with Crippen LogP contribution < -0.4 is 0 Å². The summed E-state index contributed by atoms with van der Waals surface area (Å²) in [4.78, 5) is 2.46. The normalized spacial score (nSPS) is 46.8. The van der Waals surface area contributed by atoms with Gasteiger partial charge < -0.3 is 9.64 Å². The fourth-order valence-corrected chi connectivity index (χ4v) is 2.42. The highest BCUT2D eigenvalue weighted by molar-refractivity contribution is 4.96. The van der Waals surface area contributed by atoms with Crippen LogP contribution >= 0.6 is 0 Å². The number of hydrogen-bond donors (Lipinski definition) is 0. The molecule has 3 atom stereocenters. The van der Waals surface area contributed by atoms with Crippen LogP contribution in [0, 0.1) is 5.92 Å². The van der Waals surface area contributed by atoms with Crippen LogP contribution in [0.3, 0.4) is 0 Å². The Morgan fingerprint density at radius 3 is 2.60 bits per heavy atom. The predicted molar refractivity (Wildman–Crippen MR) is 39.9 cm³/mol. The van der Waals surface area contributed by atoms with Crippen molar-refractivity contribution in [3.05, 3.63) is 0 Å². The third kappa shape index (κ3) is 0.789. The predicted octanol–water partition coefficient (Wildman–Crippen LogP) is 0.725. The maximum Gasteiger partial charge on any atom is 0.0627 e. The number of fused-ring (bicyclic) bond motifs is 2. The highest BCUT2D eigenvalue weighted by Crippen LogP contribution is 2.37. The molecular formula is C8H15NO. The van der Waals surface area contributed by atoms with Gasteiger partial charge in [0.05, 0.1) is 6.10 Å². The van der Waals surface area contributed by atoms with Crippen molar-refractivity contribution >= 4 is 0 Å². The Morgan fingerprint density at radius 1 is 1.40 bits per heavy atom. The highest BCUT2D eigenvalue weighted by Gasteiger charge is 2.42. The number of piperidine rings is 1. The molecule has 2 fully saturated rings. The number of hydrogen-bond acceptors (Lipinski definition) is 2. The van der Waals surface area contributed by atoms with E-state index in [-0.39, 0.29) is 0 Å². The van der Waals surface area contributed by atoms with E-state index in [0.29, 0.717) is 6.10 Å². The third-order valence-corrected chi connectivity index (χ3v) is 3.05. The number of methoxy groups -OCH3 is 1. The van der Waals surface area contributed by atoms with E-state index in [4.69, 9.17) is 4.74 Å². The first kappa shape index (κ1) is 6.62. The van der Waals surface area contributed by atoms with Gasteiger partial charge >= 0.3 is 0 Å². The van der Waals surface area contributed by atoms with Crippen molar-refractivity contribution in [2.75, 3.05) is 20.7 Å². The average molecular weight is 141 g/mol. The maximum atomic E-state index is 5.37. The van der Waals surface area contributed by atoms with Crippen LogP contribution in [0.5, 0.6) is 0 Å². The van der Waals surface area contributed by atoms with E-state index in [9.17, 15) is 0 Å². The van der Waals surface area contributed by atoms with Gasteiger partial charge in [-0.05, 0) is 25.8 Å². The second kappa shape index (κ2) is 2.21. The molecule has 0 spiro atoms. The smallest absolute Gasteiger partial charge is 0.0627 e. The molecule has 1 saturated heterocycles. The minimum absolute atomic E-state index is 0.571. The first-order valence-corrected chi connectivity index (χ1v) is 4.04. The quantitative estimate of drug-likeness (QED) is 0.533. The van der Waals surface area contributed by atoms with Crippen molar-refractivity contribution < 1.29 is 4.74 Å². The van der Waals surface area contributed by atoms with E-state index in [1.807, 2.05) is 7.11 Å². The van der Waals surface area contributed by atoms with Crippen LogP contribution in [-0.4, -0.2) is 37.7 Å². The number of rotatable bonds is 1. The minimum Gasteiger partial charge on any atom is -0.381 e. The molecule has 1 heterocycles. The maximum absolute atomic E-state index is 5.37. The molecule has 0 aromatic carbocycles. The zero-order chi connectivity index (χ0) is 7.14. The van der Waals surface area contributed by atoms with Gasteiger partial charge in [-0.15, -0.1) is 0 Å². The van der Waals surface area contributed by atoms with Gasteiger partial charge in [-0.1, -0.05) is 0 Å². The summed E-state index contributed by atoms with van der Waals surface area (Å²) < 4.78 is 5.37. The molecule has 2 nitrogen and oxygen atoms in total. The summed E-state index contributed by atoms with van der Waals surface area (Å²) in [5.74, 6) is 0.833. The first-order chi connectivity index (χ1) is 4.81. The molecule has 1 saturated carbocycles. The van der Waals surface area contributed by atoms with Crippen molar-refractivity contribution in [3.63, 3.8) is 0 Å². The zero-order valence-corrected chi connectivity index (χ0v) is 6.71. The number of nitrogens with zero attached hydrogens (tertiary/aromatic N) is 1. The van der Waals surface area contributed by atoms with Crippen molar-refractivity contribution in [1.82, 2.24) is 4.90 Å². The average Bonchev–Trinajstić information content (AvgIpc) is 2.44. The lowest BCUT2D eigenvalue weighted by atomic mass is 10.1. The van der Waals surface area contributed by atoms with Crippen LogP contribution in [0.25, 0.3) is 0 Å². The van der Waals surface area contributed by atoms with Gasteiger partial charge in [0.25, 0.3) is 0 Å². The Kier molecular flexibility index (Phi) is 1.46. The molecule has 58 valence electrons. The number of likely N-dealkylation sites (tertiary alicyclic amines) is 1. The lowest BCUT2D eigenvalue weighted by molar-refractivity contribution is 0.0393. The summed E-state index contributed by atoms with van der Waals surface area (Å²) in [6.45, 7) is 1.25. The van der Waals surface area contributed by atoms with Crippen LogP contribution in [0.4, 0.5) is 0 Å². The van der Waals surface area contributed by atoms with Crippen molar-refractivity contribution in [3.8, 4) is 0 Å². The molecule has 1 aliphatic carbocycles. The molecule has 0 aromatic rings. The molecule has 1 aliphatic heterocycles. The Bertz CT molecular complexity index is 135. The highest BCUT2D eigenvalue weighted by atomic mass is 16.5. The molecule has 0 radical (unpaired) electrons. The fraction of sp³-hybridized carbons (Fsp3) is 1.00. The SMILES string of the molecule is CO[C@@H]1C[C@H]2C[C@@H]1CN2C. The molecule has 2 aliphatic rings. The van der Waals surface area contributed by atoms with Gasteiger partial charge in [-0.3, -0.25) is 0 Å². The Labute approximate surface area is 62.2 Å². The minimum atomic E-state index is 0.571. The van der Waals surface area contributed by atoms with Gasteiger partial charge in [0.1, 0.15) is 0 Å². The van der Waals surface area contributed by atoms with E-state index >= 15 is 0 Å². The lowest BCUT2D eigenvalue weighted by Gasteiger charge is -2.27. The summed E-state index contributed by atoms with van der Waals surface area (Å²) in [5, 5.41) is 0. The van der Waals surface area contributed by atoms with E-state index < -0.39 is 0 Å². The largest absolute Gasteiger partial charge is 0.381 e. The van der Waals surface area contributed by atoms with Crippen molar-refractivity contribution in [2.24, 2.45) is 5.92 Å². The van der Waals surface area contributed by atoms with Crippen LogP contribution in [-0.2, 0) is 4.74 Å². The fourth-order valence-electron chi connectivity index (χ4n) is 2.42. The van der Waals surface area contributed by atoms with E-state index in [2.05, 4.69) is 11.9 Å². The Balaban J connectivity index is 2.02. The molecule has 2 rings (SSSR count). The van der Waals surface area contributed by atoms with Crippen LogP contribution in [0.15, 0.2) is 0 Å². The van der Waals surface area contributed by atoms with E-state index in [1.54, 1.807) is 0 Å². The van der Waals surface area contributed by atoms with Gasteiger partial charge in [0.2, 0.25) is 0 Å². The third-order valence-electron chi connectivity index (χ3n) is 3.05. The first-order valence-electron chi connectivity index (χ1n) is 4.04. The standard InChI is InChI=1S/C8H15NO/c1-9-5-6-3-7(9)4-8(6)10-2/h6-8H,3-5H2,1-2H3/t6-,7-,8-/m1/s1. The second-order valence-electron chi connectivity index (χ2n) is 3.60. The van der Waals surface area contributed by atoms with Crippen LogP contribution in [0.1, 0.15) is 12.8 Å². The van der Waals surface area contributed by atoms with E-state index in [0.717, 1.165) is 12.0 Å².